The molecule has 0 unspecified atom stereocenters. The number of anilines is 1. The third kappa shape index (κ3) is 3.76. The minimum Gasteiger partial charge on any atom is -0.447 e. The maximum Gasteiger partial charge on any atom is 0.413 e. The number of amides is 1. The van der Waals surface area contributed by atoms with Crippen LogP contribution in [-0.4, -0.2) is 50.8 Å². The summed E-state index contributed by atoms with van der Waals surface area (Å²) >= 11 is 0. The molecule has 3 atom stereocenters. The fourth-order valence-electron chi connectivity index (χ4n) is 2.11. The molecule has 2 rings (SSSR count). The minimum absolute atomic E-state index is 0.0276. The van der Waals surface area contributed by atoms with Gasteiger partial charge in [0, 0.05) is 11.8 Å². The van der Waals surface area contributed by atoms with Crippen LogP contribution in [-0.2, 0) is 9.47 Å². The number of carbonyl (C=O) groups is 1. The van der Waals surface area contributed by atoms with Gasteiger partial charge in [-0.25, -0.2) is 9.59 Å². The molecule has 9 heteroatoms. The van der Waals surface area contributed by atoms with E-state index in [0.717, 1.165) is 4.57 Å². The molecule has 1 aliphatic rings. The van der Waals surface area contributed by atoms with E-state index >= 15 is 0 Å². The van der Waals surface area contributed by atoms with E-state index in [2.05, 4.69) is 16.9 Å². The number of hydrogen-bond donors (Lipinski definition) is 3. The zero-order valence-corrected chi connectivity index (χ0v) is 12.8. The van der Waals surface area contributed by atoms with Crippen molar-refractivity contribution in [2.45, 2.75) is 38.4 Å². The van der Waals surface area contributed by atoms with E-state index in [1.165, 1.54) is 12.3 Å². The summed E-state index contributed by atoms with van der Waals surface area (Å²) in [6.45, 7) is 6.65. The predicted octanol–water partition coefficient (Wildman–Crippen LogP) is 0.00700. The summed E-state index contributed by atoms with van der Waals surface area (Å²) in [5.74, 6) is 0.0276. The number of hydrogen-bond acceptors (Lipinski definition) is 7. The number of carbonyl (C=O) groups excluding carboxylic acids is 1. The molecule has 1 saturated heterocycles. The number of rotatable bonds is 4. The maximum atomic E-state index is 12.1. The Morgan fingerprint density at radius 3 is 2.83 bits per heavy atom. The van der Waals surface area contributed by atoms with Crippen LogP contribution in [0.5, 0.6) is 0 Å². The van der Waals surface area contributed by atoms with Crippen molar-refractivity contribution in [1.82, 2.24) is 9.55 Å². The second-order valence-electron chi connectivity index (χ2n) is 5.31. The van der Waals surface area contributed by atoms with Gasteiger partial charge in [-0.15, -0.1) is 0 Å². The molecule has 0 saturated carbocycles. The van der Waals surface area contributed by atoms with E-state index in [1.807, 2.05) is 0 Å². The largest absolute Gasteiger partial charge is 0.447 e. The first-order valence-corrected chi connectivity index (χ1v) is 7.03. The molecule has 0 aromatic carbocycles. The topological polar surface area (TPSA) is 123 Å². The molecule has 0 aliphatic carbocycles. The molecule has 1 aliphatic heterocycles. The minimum atomic E-state index is -1.07. The van der Waals surface area contributed by atoms with Gasteiger partial charge >= 0.3 is 11.8 Å². The monoisotopic (exact) mass is 325 g/mol. The van der Waals surface area contributed by atoms with Gasteiger partial charge in [-0.05, 0) is 19.9 Å². The lowest BCUT2D eigenvalue weighted by atomic mass is 10.1. The Bertz CT molecular complexity index is 656. The fourth-order valence-corrected chi connectivity index (χ4v) is 2.11. The van der Waals surface area contributed by atoms with Gasteiger partial charge in [0.05, 0.1) is 12.7 Å². The Kier molecular flexibility index (Phi) is 5.14. The van der Waals surface area contributed by atoms with Crippen molar-refractivity contribution in [3.63, 3.8) is 0 Å². The quantitative estimate of drug-likeness (QED) is 0.666. The van der Waals surface area contributed by atoms with Crippen LogP contribution in [0.2, 0.25) is 0 Å². The standard InChI is InChI=1S/C14H19N3O6/c1-7(2)22-14(21)16-10-4-5-17(13(20)15-10)12-8(3)11(19)9(6-18)23-12/h4-5,7,9,11-12,18-19H,3,6H2,1-2H3,(H,15,16,20,21)/t9-,11+,12-/m1/s1. The van der Waals surface area contributed by atoms with Gasteiger partial charge in [-0.1, -0.05) is 6.58 Å². The van der Waals surface area contributed by atoms with Gasteiger partial charge in [0.2, 0.25) is 0 Å². The molecule has 1 amide bonds. The number of nitrogens with one attached hydrogen (secondary N) is 1. The van der Waals surface area contributed by atoms with Crippen molar-refractivity contribution in [2.24, 2.45) is 0 Å². The number of aromatic nitrogens is 2. The summed E-state index contributed by atoms with van der Waals surface area (Å²) in [4.78, 5) is 27.2. The molecule has 0 bridgehead atoms. The molecule has 0 radical (unpaired) electrons. The summed E-state index contributed by atoms with van der Waals surface area (Å²) in [6.07, 6.45) is -2.53. The smallest absolute Gasteiger partial charge is 0.413 e. The SMILES string of the molecule is C=C1[C@H](n2ccc(NC(=O)OC(C)C)nc2=O)O[C@H](CO)[C@H]1O. The van der Waals surface area contributed by atoms with E-state index in [0.29, 0.717) is 0 Å². The first-order chi connectivity index (χ1) is 10.8. The Balaban J connectivity index is 2.16. The van der Waals surface area contributed by atoms with Crippen LogP contribution in [0.1, 0.15) is 20.1 Å². The van der Waals surface area contributed by atoms with Gasteiger partial charge in [0.25, 0.3) is 0 Å². The number of aliphatic hydroxyl groups excluding tert-OH is 2. The van der Waals surface area contributed by atoms with Crippen molar-refractivity contribution in [3.05, 3.63) is 34.9 Å². The summed E-state index contributed by atoms with van der Waals surface area (Å²) in [5, 5.41) is 21.3. The summed E-state index contributed by atoms with van der Waals surface area (Å²) in [5.41, 5.74) is -0.461. The van der Waals surface area contributed by atoms with E-state index in [9.17, 15) is 14.7 Å². The zero-order chi connectivity index (χ0) is 17.1. The fraction of sp³-hybridized carbons (Fsp3) is 0.500. The van der Waals surface area contributed by atoms with Crippen molar-refractivity contribution in [3.8, 4) is 0 Å². The van der Waals surface area contributed by atoms with Crippen LogP contribution >= 0.6 is 0 Å². The number of nitrogens with zero attached hydrogens (tertiary/aromatic N) is 2. The van der Waals surface area contributed by atoms with E-state index < -0.39 is 36.8 Å². The second-order valence-corrected chi connectivity index (χ2v) is 5.31. The first kappa shape index (κ1) is 17.1. The van der Waals surface area contributed by atoms with E-state index in [1.54, 1.807) is 13.8 Å². The van der Waals surface area contributed by atoms with Crippen molar-refractivity contribution < 1.29 is 24.5 Å². The summed E-state index contributed by atoms with van der Waals surface area (Å²) in [6, 6.07) is 1.39. The predicted molar refractivity (Wildman–Crippen MR) is 79.9 cm³/mol. The zero-order valence-electron chi connectivity index (χ0n) is 12.8. The van der Waals surface area contributed by atoms with Crippen LogP contribution in [0.15, 0.2) is 29.2 Å². The van der Waals surface area contributed by atoms with Gasteiger partial charge in [0.15, 0.2) is 6.23 Å². The molecule has 3 N–H and O–H groups in total. The lowest BCUT2D eigenvalue weighted by molar-refractivity contribution is -0.0447. The summed E-state index contributed by atoms with van der Waals surface area (Å²) < 4.78 is 11.4. The molecule has 23 heavy (non-hydrogen) atoms. The normalized spacial score (nSPS) is 24.0. The van der Waals surface area contributed by atoms with Crippen LogP contribution in [0.25, 0.3) is 0 Å². The molecule has 1 aromatic rings. The van der Waals surface area contributed by atoms with Gasteiger partial charge in [0.1, 0.15) is 18.0 Å². The Hall–Kier alpha value is -2.23. The molecule has 2 heterocycles. The highest BCUT2D eigenvalue weighted by molar-refractivity contribution is 5.83. The highest BCUT2D eigenvalue weighted by atomic mass is 16.6. The van der Waals surface area contributed by atoms with Crippen LogP contribution in [0.4, 0.5) is 10.6 Å². The average molecular weight is 325 g/mol. The number of ether oxygens (including phenoxy) is 2. The third-order valence-electron chi connectivity index (χ3n) is 3.19. The lowest BCUT2D eigenvalue weighted by Crippen LogP contribution is -2.29. The third-order valence-corrected chi connectivity index (χ3v) is 3.19. The molecular weight excluding hydrogens is 306 g/mol. The van der Waals surface area contributed by atoms with Crippen molar-refractivity contribution in [1.29, 1.82) is 0 Å². The molecule has 1 fully saturated rings. The van der Waals surface area contributed by atoms with Crippen molar-refractivity contribution in [2.75, 3.05) is 11.9 Å². The van der Waals surface area contributed by atoms with Gasteiger partial charge < -0.3 is 19.7 Å². The molecule has 1 aromatic heterocycles. The Morgan fingerprint density at radius 1 is 1.61 bits per heavy atom. The van der Waals surface area contributed by atoms with Crippen LogP contribution in [0, 0.1) is 0 Å². The van der Waals surface area contributed by atoms with Crippen molar-refractivity contribution >= 4 is 11.9 Å². The van der Waals surface area contributed by atoms with E-state index in [-0.39, 0.29) is 17.5 Å². The van der Waals surface area contributed by atoms with E-state index in [4.69, 9.17) is 14.6 Å². The average Bonchev–Trinajstić information content (AvgIpc) is 2.74. The van der Waals surface area contributed by atoms with Gasteiger partial charge in [-0.3, -0.25) is 9.88 Å². The summed E-state index contributed by atoms with van der Waals surface area (Å²) in [7, 11) is 0. The van der Waals surface area contributed by atoms with Crippen LogP contribution in [0.3, 0.4) is 0 Å². The highest BCUT2D eigenvalue weighted by Gasteiger charge is 2.38. The lowest BCUT2D eigenvalue weighted by Gasteiger charge is -2.15. The Morgan fingerprint density at radius 2 is 2.30 bits per heavy atom. The Labute approximate surface area is 132 Å². The number of aliphatic hydroxyl groups is 2. The molecular formula is C14H19N3O6. The molecule has 126 valence electrons. The second kappa shape index (κ2) is 6.90. The first-order valence-electron chi connectivity index (χ1n) is 7.03. The molecule has 0 spiro atoms. The van der Waals surface area contributed by atoms with Crippen LogP contribution < -0.4 is 11.0 Å². The highest BCUT2D eigenvalue weighted by Crippen LogP contribution is 2.31. The van der Waals surface area contributed by atoms with Gasteiger partial charge in [-0.2, -0.15) is 4.98 Å². The molecule has 9 nitrogen and oxygen atoms in total. The maximum absolute atomic E-state index is 12.1.